The number of rotatable bonds is 10. The summed E-state index contributed by atoms with van der Waals surface area (Å²) in [5, 5.41) is 6.39. The number of amides is 2. The Morgan fingerprint density at radius 3 is 2.38 bits per heavy atom. The zero-order valence-electron chi connectivity index (χ0n) is 21.4. The number of likely N-dealkylation sites (tertiary alicyclic amines) is 1. The van der Waals surface area contributed by atoms with E-state index in [1.54, 1.807) is 18.3 Å². The van der Waals surface area contributed by atoms with Crippen LogP contribution >= 0.6 is 0 Å². The Labute approximate surface area is 218 Å². The topological polar surface area (TPSA) is 83.6 Å². The molecule has 7 nitrogen and oxygen atoms in total. The number of anilines is 1. The number of hydrogen-bond donors (Lipinski definition) is 2. The van der Waals surface area contributed by atoms with Gasteiger partial charge in [0.2, 0.25) is 11.8 Å². The lowest BCUT2D eigenvalue weighted by Gasteiger charge is -2.39. The van der Waals surface area contributed by atoms with Crippen molar-refractivity contribution in [3.8, 4) is 5.75 Å². The molecular weight excluding hydrogens is 464 g/mol. The predicted molar refractivity (Wildman–Crippen MR) is 143 cm³/mol. The van der Waals surface area contributed by atoms with E-state index in [1.165, 1.54) is 11.1 Å². The van der Waals surface area contributed by atoms with Crippen molar-refractivity contribution in [3.05, 3.63) is 89.6 Å². The summed E-state index contributed by atoms with van der Waals surface area (Å²) in [6, 6.07) is 21.2. The van der Waals surface area contributed by atoms with Gasteiger partial charge in [0.1, 0.15) is 23.7 Å². The highest BCUT2D eigenvalue weighted by atomic mass is 16.5. The van der Waals surface area contributed by atoms with E-state index < -0.39 is 6.04 Å². The molecule has 1 saturated carbocycles. The molecule has 1 aliphatic heterocycles. The zero-order valence-corrected chi connectivity index (χ0v) is 21.4. The highest BCUT2D eigenvalue weighted by Gasteiger charge is 2.40. The average Bonchev–Trinajstić information content (AvgIpc) is 3.73. The van der Waals surface area contributed by atoms with Crippen molar-refractivity contribution in [3.63, 3.8) is 0 Å². The monoisotopic (exact) mass is 498 g/mol. The molecule has 3 aromatic rings. The second-order valence-corrected chi connectivity index (χ2v) is 10.2. The fourth-order valence-electron chi connectivity index (χ4n) is 4.51. The molecule has 2 heterocycles. The smallest absolute Gasteiger partial charge is 0.247 e. The molecule has 2 amide bonds. The number of ether oxygens (including phenoxy) is 1. The summed E-state index contributed by atoms with van der Waals surface area (Å²) in [7, 11) is 0. The van der Waals surface area contributed by atoms with Crippen molar-refractivity contribution < 1.29 is 14.3 Å². The van der Waals surface area contributed by atoms with Crippen LogP contribution in [0.5, 0.6) is 5.75 Å². The van der Waals surface area contributed by atoms with Gasteiger partial charge in [-0.3, -0.25) is 9.59 Å². The maximum absolute atomic E-state index is 13.3. The summed E-state index contributed by atoms with van der Waals surface area (Å²) >= 11 is 0. The Hall–Kier alpha value is -3.71. The minimum absolute atomic E-state index is 0.00730. The molecular formula is C30H34N4O3. The van der Waals surface area contributed by atoms with Crippen LogP contribution in [0.3, 0.4) is 0 Å². The standard InChI is InChI=1S/C30H34N4O3/c1-20-8-10-22(11-9-20)21(2)16-32-28(23-6-4-3-5-7-23)29(35)33-27-15-14-25(17-31-27)37-26-18-34(19-26)30(36)24-12-13-24/h3-11,14-15,17,21,24,26,28,32H,12-13,16,18-19H2,1-2H3,(H,31,33,35)/t21-,28-/m1/s1. The first-order valence-corrected chi connectivity index (χ1v) is 13.0. The average molecular weight is 499 g/mol. The maximum atomic E-state index is 13.3. The molecule has 192 valence electrons. The molecule has 5 rings (SSSR count). The predicted octanol–water partition coefficient (Wildman–Crippen LogP) is 4.46. The van der Waals surface area contributed by atoms with Crippen LogP contribution in [0.1, 0.15) is 48.4 Å². The lowest BCUT2D eigenvalue weighted by Crippen LogP contribution is -2.56. The van der Waals surface area contributed by atoms with Gasteiger partial charge < -0.3 is 20.3 Å². The van der Waals surface area contributed by atoms with E-state index in [2.05, 4.69) is 53.7 Å². The Kier molecular flexibility index (Phi) is 7.51. The van der Waals surface area contributed by atoms with E-state index in [0.29, 0.717) is 31.2 Å². The third kappa shape index (κ3) is 6.35. The van der Waals surface area contributed by atoms with Crippen LogP contribution in [-0.2, 0) is 9.59 Å². The normalized spacial score (nSPS) is 17.0. The molecule has 0 spiro atoms. The van der Waals surface area contributed by atoms with Crippen LogP contribution in [0.2, 0.25) is 0 Å². The van der Waals surface area contributed by atoms with Crippen LogP contribution in [-0.4, -0.2) is 47.4 Å². The first kappa shape index (κ1) is 25.0. The molecule has 2 fully saturated rings. The number of pyridine rings is 1. The van der Waals surface area contributed by atoms with Gasteiger partial charge in [-0.15, -0.1) is 0 Å². The van der Waals surface area contributed by atoms with Crippen molar-refractivity contribution in [1.29, 1.82) is 0 Å². The van der Waals surface area contributed by atoms with Crippen molar-refractivity contribution in [1.82, 2.24) is 15.2 Å². The summed E-state index contributed by atoms with van der Waals surface area (Å²) in [6.45, 7) is 6.13. The number of benzene rings is 2. The van der Waals surface area contributed by atoms with Crippen LogP contribution in [0.15, 0.2) is 72.9 Å². The van der Waals surface area contributed by atoms with E-state index >= 15 is 0 Å². The van der Waals surface area contributed by atoms with Crippen LogP contribution in [0.4, 0.5) is 5.82 Å². The van der Waals surface area contributed by atoms with Crippen molar-refractivity contribution >= 4 is 17.6 Å². The highest BCUT2D eigenvalue weighted by Crippen LogP contribution is 2.33. The van der Waals surface area contributed by atoms with Gasteiger partial charge in [0.15, 0.2) is 0 Å². The summed E-state index contributed by atoms with van der Waals surface area (Å²) < 4.78 is 5.94. The van der Waals surface area contributed by atoms with E-state index in [9.17, 15) is 9.59 Å². The Balaban J connectivity index is 1.17. The van der Waals surface area contributed by atoms with Gasteiger partial charge in [-0.1, -0.05) is 67.1 Å². The van der Waals surface area contributed by atoms with E-state index in [1.807, 2.05) is 35.2 Å². The first-order chi connectivity index (χ1) is 18.0. The fraction of sp³-hybridized carbons (Fsp3) is 0.367. The number of nitrogens with zero attached hydrogens (tertiary/aromatic N) is 2. The molecule has 37 heavy (non-hydrogen) atoms. The molecule has 7 heteroatoms. The second-order valence-electron chi connectivity index (χ2n) is 10.2. The fourth-order valence-corrected chi connectivity index (χ4v) is 4.51. The molecule has 1 aliphatic carbocycles. The third-order valence-electron chi connectivity index (χ3n) is 7.05. The van der Waals surface area contributed by atoms with Crippen LogP contribution in [0, 0.1) is 12.8 Å². The molecule has 2 N–H and O–H groups in total. The molecule has 2 atom stereocenters. The Morgan fingerprint density at radius 1 is 1.00 bits per heavy atom. The number of aromatic nitrogens is 1. The maximum Gasteiger partial charge on any atom is 0.247 e. The Morgan fingerprint density at radius 2 is 1.73 bits per heavy atom. The minimum Gasteiger partial charge on any atom is -0.485 e. The van der Waals surface area contributed by atoms with Crippen LogP contribution < -0.4 is 15.4 Å². The van der Waals surface area contributed by atoms with Crippen LogP contribution in [0.25, 0.3) is 0 Å². The molecule has 0 bridgehead atoms. The number of nitrogens with one attached hydrogen (secondary N) is 2. The zero-order chi connectivity index (χ0) is 25.8. The molecule has 2 aromatic carbocycles. The van der Waals surface area contributed by atoms with Crippen molar-refractivity contribution in [2.75, 3.05) is 25.0 Å². The Bertz CT molecular complexity index is 1200. The SMILES string of the molecule is Cc1ccc([C@H](C)CN[C@@H](C(=O)Nc2ccc(OC3CN(C(=O)C4CC4)C3)cn2)c2ccccc2)cc1. The summed E-state index contributed by atoms with van der Waals surface area (Å²) in [5.41, 5.74) is 3.35. The van der Waals surface area contributed by atoms with Gasteiger partial charge in [0.05, 0.1) is 19.3 Å². The lowest BCUT2D eigenvalue weighted by molar-refractivity contribution is -0.141. The largest absolute Gasteiger partial charge is 0.485 e. The van der Waals surface area contributed by atoms with E-state index in [4.69, 9.17) is 4.74 Å². The van der Waals surface area contributed by atoms with Gasteiger partial charge in [-0.25, -0.2) is 4.98 Å². The quantitative estimate of drug-likeness (QED) is 0.431. The van der Waals surface area contributed by atoms with Gasteiger partial charge >= 0.3 is 0 Å². The highest BCUT2D eigenvalue weighted by molar-refractivity contribution is 5.94. The number of aryl methyl sites for hydroxylation is 1. The molecule has 1 aromatic heterocycles. The third-order valence-corrected chi connectivity index (χ3v) is 7.05. The summed E-state index contributed by atoms with van der Waals surface area (Å²) in [4.78, 5) is 31.6. The van der Waals surface area contributed by atoms with Crippen molar-refractivity contribution in [2.24, 2.45) is 5.92 Å². The molecule has 1 saturated heterocycles. The number of hydrogen-bond acceptors (Lipinski definition) is 5. The van der Waals surface area contributed by atoms with E-state index in [0.717, 1.165) is 18.4 Å². The molecule has 0 radical (unpaired) electrons. The number of carbonyl (C=O) groups is 2. The lowest BCUT2D eigenvalue weighted by atomic mass is 9.98. The van der Waals surface area contributed by atoms with Crippen molar-refractivity contribution in [2.45, 2.75) is 44.8 Å². The van der Waals surface area contributed by atoms with Gasteiger partial charge in [-0.05, 0) is 48.9 Å². The summed E-state index contributed by atoms with van der Waals surface area (Å²) in [5.74, 6) is 1.67. The van der Waals surface area contributed by atoms with E-state index in [-0.39, 0.29) is 29.8 Å². The first-order valence-electron chi connectivity index (χ1n) is 13.0. The van der Waals surface area contributed by atoms with Gasteiger partial charge in [-0.2, -0.15) is 0 Å². The van der Waals surface area contributed by atoms with Gasteiger partial charge in [0, 0.05) is 12.5 Å². The minimum atomic E-state index is -0.517. The van der Waals surface area contributed by atoms with Gasteiger partial charge in [0.25, 0.3) is 0 Å². The second kappa shape index (κ2) is 11.1. The molecule has 2 aliphatic rings. The summed E-state index contributed by atoms with van der Waals surface area (Å²) in [6.07, 6.45) is 3.65. The molecule has 0 unspecified atom stereocenters. The number of carbonyl (C=O) groups excluding carboxylic acids is 2.